The summed E-state index contributed by atoms with van der Waals surface area (Å²) in [4.78, 5) is 13.3. The molecule has 7 nitrogen and oxygen atoms in total. The molecular weight excluding hydrogens is 384 g/mol. The van der Waals surface area contributed by atoms with Crippen LogP contribution in [-0.4, -0.2) is 39.9 Å². The number of para-hydroxylation sites is 2. The van der Waals surface area contributed by atoms with E-state index in [0.29, 0.717) is 36.6 Å². The summed E-state index contributed by atoms with van der Waals surface area (Å²) in [6, 6.07) is 11.4. The second kappa shape index (κ2) is 7.93. The number of aromatic nitrogens is 3. The van der Waals surface area contributed by atoms with Crippen molar-refractivity contribution in [2.75, 3.05) is 13.2 Å². The number of rotatable bonds is 6. The minimum atomic E-state index is -0.207. The van der Waals surface area contributed by atoms with Gasteiger partial charge in [-0.15, -0.1) is 11.3 Å². The smallest absolute Gasteiger partial charge is 0.221 e. The third-order valence-corrected chi connectivity index (χ3v) is 5.33. The first-order valence-corrected chi connectivity index (χ1v) is 9.84. The molecule has 3 heterocycles. The maximum absolute atomic E-state index is 12.3. The van der Waals surface area contributed by atoms with Gasteiger partial charge in [0.05, 0.1) is 11.4 Å². The predicted molar refractivity (Wildman–Crippen MR) is 105 cm³/mol. The quantitative estimate of drug-likeness (QED) is 0.620. The van der Waals surface area contributed by atoms with Gasteiger partial charge in [0.25, 0.3) is 0 Å². The van der Waals surface area contributed by atoms with Crippen LogP contribution in [0.2, 0.25) is 0 Å². The minimum Gasteiger partial charge on any atom is -0.486 e. The van der Waals surface area contributed by atoms with Gasteiger partial charge >= 0.3 is 0 Å². The van der Waals surface area contributed by atoms with Crippen LogP contribution in [0.5, 0.6) is 11.5 Å². The van der Waals surface area contributed by atoms with Gasteiger partial charge in [0.2, 0.25) is 5.91 Å². The average molecular weight is 403 g/mol. The highest BCUT2D eigenvalue weighted by Gasteiger charge is 2.21. The predicted octanol–water partition coefficient (Wildman–Crippen LogP) is 3.02. The number of nitrogens with zero attached hydrogens (tertiary/aromatic N) is 2. The molecule has 1 unspecified atom stereocenters. The summed E-state index contributed by atoms with van der Waals surface area (Å²) < 4.78 is 13.9. The molecule has 0 saturated carbocycles. The lowest BCUT2D eigenvalue weighted by Gasteiger charge is -2.26. The van der Waals surface area contributed by atoms with Gasteiger partial charge in [-0.3, -0.25) is 14.5 Å². The largest absolute Gasteiger partial charge is 0.486 e. The van der Waals surface area contributed by atoms with Crippen LogP contribution in [0.15, 0.2) is 41.8 Å². The van der Waals surface area contributed by atoms with Gasteiger partial charge in [-0.25, -0.2) is 0 Å². The fourth-order valence-corrected chi connectivity index (χ4v) is 3.76. The molecule has 1 amide bonds. The summed E-state index contributed by atoms with van der Waals surface area (Å²) in [6.07, 6.45) is 0.0951. The molecular formula is C18H18N4O3S2. The van der Waals surface area contributed by atoms with E-state index in [1.807, 2.05) is 46.3 Å². The van der Waals surface area contributed by atoms with Crippen LogP contribution in [0.25, 0.3) is 10.7 Å². The summed E-state index contributed by atoms with van der Waals surface area (Å²) in [5.41, 5.74) is 0. The number of carbonyl (C=O) groups is 1. The molecule has 3 aromatic rings. The minimum absolute atomic E-state index is 0.0716. The van der Waals surface area contributed by atoms with Gasteiger partial charge in [0.1, 0.15) is 12.7 Å². The molecule has 1 aromatic carbocycles. The van der Waals surface area contributed by atoms with E-state index in [1.165, 1.54) is 0 Å². The SMILES string of the molecule is O=C(CCn1c(-c2cccs2)n[nH]c1=S)NCC1COc2ccccc2O1. The highest BCUT2D eigenvalue weighted by Crippen LogP contribution is 2.30. The van der Waals surface area contributed by atoms with Crippen LogP contribution in [0.4, 0.5) is 0 Å². The topological polar surface area (TPSA) is 81.2 Å². The molecule has 1 atom stereocenters. The summed E-state index contributed by atoms with van der Waals surface area (Å²) in [5, 5.41) is 11.9. The van der Waals surface area contributed by atoms with Crippen molar-refractivity contribution in [3.05, 3.63) is 46.5 Å². The van der Waals surface area contributed by atoms with E-state index in [9.17, 15) is 4.79 Å². The number of benzene rings is 1. The Morgan fingerprint density at radius 3 is 3.00 bits per heavy atom. The third-order valence-electron chi connectivity index (χ3n) is 4.16. The normalized spacial score (nSPS) is 15.5. The fraction of sp³-hybridized carbons (Fsp3) is 0.278. The van der Waals surface area contributed by atoms with Crippen molar-refractivity contribution in [3.8, 4) is 22.2 Å². The lowest BCUT2D eigenvalue weighted by Crippen LogP contribution is -2.40. The third kappa shape index (κ3) is 4.04. The highest BCUT2D eigenvalue weighted by molar-refractivity contribution is 7.71. The average Bonchev–Trinajstić information content (AvgIpc) is 3.34. The number of H-pyrrole nitrogens is 1. The second-order valence-corrected chi connectivity index (χ2v) is 7.37. The Bertz CT molecular complexity index is 981. The first-order valence-electron chi connectivity index (χ1n) is 8.55. The molecule has 0 fully saturated rings. The molecule has 0 spiro atoms. The number of fused-ring (bicyclic) bond motifs is 1. The highest BCUT2D eigenvalue weighted by atomic mass is 32.1. The van der Waals surface area contributed by atoms with E-state index in [0.717, 1.165) is 16.5 Å². The summed E-state index contributed by atoms with van der Waals surface area (Å²) in [7, 11) is 0. The Kier molecular flexibility index (Phi) is 5.21. The molecule has 4 rings (SSSR count). The zero-order chi connectivity index (χ0) is 18.6. The van der Waals surface area contributed by atoms with Gasteiger partial charge in [-0.1, -0.05) is 18.2 Å². The summed E-state index contributed by atoms with van der Waals surface area (Å²) >= 11 is 6.87. The first-order chi connectivity index (χ1) is 13.2. The van der Waals surface area contributed by atoms with E-state index in [2.05, 4.69) is 15.5 Å². The number of thiophene rings is 1. The van der Waals surface area contributed by atoms with Gasteiger partial charge in [0, 0.05) is 13.0 Å². The number of hydrogen-bond acceptors (Lipinski definition) is 6. The van der Waals surface area contributed by atoms with E-state index >= 15 is 0 Å². The van der Waals surface area contributed by atoms with Crippen molar-refractivity contribution in [1.82, 2.24) is 20.1 Å². The van der Waals surface area contributed by atoms with Crippen molar-refractivity contribution in [2.24, 2.45) is 0 Å². The molecule has 1 aliphatic heterocycles. The van der Waals surface area contributed by atoms with Crippen LogP contribution in [0, 0.1) is 4.77 Å². The molecule has 0 bridgehead atoms. The van der Waals surface area contributed by atoms with Crippen LogP contribution < -0.4 is 14.8 Å². The van der Waals surface area contributed by atoms with Crippen LogP contribution in [0.1, 0.15) is 6.42 Å². The molecule has 27 heavy (non-hydrogen) atoms. The molecule has 0 radical (unpaired) electrons. The Hall–Kier alpha value is -2.65. The van der Waals surface area contributed by atoms with Crippen molar-refractivity contribution in [3.63, 3.8) is 0 Å². The van der Waals surface area contributed by atoms with Gasteiger partial charge in [-0.2, -0.15) is 5.10 Å². The molecule has 140 valence electrons. The standard InChI is InChI=1S/C18H18N4O3S2/c23-16(19-10-12-11-24-13-4-1-2-5-14(13)25-12)7-8-22-17(20-21-18(22)26)15-6-3-9-27-15/h1-6,9,12H,7-8,10-11H2,(H,19,23)(H,21,26). The monoisotopic (exact) mass is 402 g/mol. The number of aromatic amines is 1. The van der Waals surface area contributed by atoms with E-state index < -0.39 is 0 Å². The summed E-state index contributed by atoms with van der Waals surface area (Å²) in [6.45, 7) is 1.26. The first kappa shape index (κ1) is 17.7. The molecule has 0 saturated heterocycles. The van der Waals surface area contributed by atoms with Crippen molar-refractivity contribution in [2.45, 2.75) is 19.1 Å². The molecule has 2 aromatic heterocycles. The number of amides is 1. The molecule has 0 aliphatic carbocycles. The fourth-order valence-electron chi connectivity index (χ4n) is 2.81. The van der Waals surface area contributed by atoms with E-state index in [-0.39, 0.29) is 12.0 Å². The van der Waals surface area contributed by atoms with Gasteiger partial charge in [-0.05, 0) is 35.8 Å². The Morgan fingerprint density at radius 1 is 1.33 bits per heavy atom. The Balaban J connectivity index is 1.30. The number of carbonyl (C=O) groups excluding carboxylic acids is 1. The molecule has 9 heteroatoms. The van der Waals surface area contributed by atoms with Gasteiger partial charge in [0.15, 0.2) is 22.1 Å². The van der Waals surface area contributed by atoms with E-state index in [4.69, 9.17) is 21.7 Å². The van der Waals surface area contributed by atoms with Crippen molar-refractivity contribution in [1.29, 1.82) is 0 Å². The van der Waals surface area contributed by atoms with E-state index in [1.54, 1.807) is 11.3 Å². The lowest BCUT2D eigenvalue weighted by atomic mass is 10.2. The Morgan fingerprint density at radius 2 is 2.19 bits per heavy atom. The maximum atomic E-state index is 12.3. The van der Waals surface area contributed by atoms with Crippen LogP contribution in [-0.2, 0) is 11.3 Å². The Labute approximate surface area is 164 Å². The number of nitrogens with one attached hydrogen (secondary N) is 2. The van der Waals surface area contributed by atoms with Crippen LogP contribution >= 0.6 is 23.6 Å². The lowest BCUT2D eigenvalue weighted by molar-refractivity contribution is -0.121. The number of hydrogen-bond donors (Lipinski definition) is 2. The van der Waals surface area contributed by atoms with Crippen LogP contribution in [0.3, 0.4) is 0 Å². The number of ether oxygens (including phenoxy) is 2. The molecule has 1 aliphatic rings. The molecule has 2 N–H and O–H groups in total. The zero-order valence-corrected chi connectivity index (χ0v) is 16.0. The summed E-state index contributed by atoms with van der Waals surface area (Å²) in [5.74, 6) is 2.12. The maximum Gasteiger partial charge on any atom is 0.221 e. The van der Waals surface area contributed by atoms with Gasteiger partial charge < -0.3 is 14.8 Å². The van der Waals surface area contributed by atoms with Crippen molar-refractivity contribution >= 4 is 29.5 Å². The zero-order valence-electron chi connectivity index (χ0n) is 14.4. The van der Waals surface area contributed by atoms with Crippen molar-refractivity contribution < 1.29 is 14.3 Å². The second-order valence-electron chi connectivity index (χ2n) is 6.03.